The first-order valence-electron chi connectivity index (χ1n) is 13.6. The Morgan fingerprint density at radius 2 is 2.00 bits per heavy atom. The highest BCUT2D eigenvalue weighted by molar-refractivity contribution is 5.94. The van der Waals surface area contributed by atoms with Crippen LogP contribution in [0.3, 0.4) is 0 Å². The summed E-state index contributed by atoms with van der Waals surface area (Å²) < 4.78 is 19.4. The lowest BCUT2D eigenvalue weighted by Crippen LogP contribution is -2.52. The molecule has 1 amide bonds. The number of carbonyl (C=O) groups excluding carboxylic acids is 1. The number of ether oxygens (including phenoxy) is 1. The van der Waals surface area contributed by atoms with Gasteiger partial charge in [-0.05, 0) is 89.9 Å². The van der Waals surface area contributed by atoms with Gasteiger partial charge < -0.3 is 25.3 Å². The predicted molar refractivity (Wildman–Crippen MR) is 159 cm³/mol. The lowest BCUT2D eigenvalue weighted by atomic mass is 10.1. The van der Waals surface area contributed by atoms with Crippen molar-refractivity contribution in [1.29, 1.82) is 5.41 Å². The van der Waals surface area contributed by atoms with Crippen molar-refractivity contribution in [1.82, 2.24) is 15.2 Å². The topological polar surface area (TPSA) is 81.6 Å². The van der Waals surface area contributed by atoms with Crippen LogP contribution in [0.4, 0.5) is 10.2 Å². The van der Waals surface area contributed by atoms with Crippen LogP contribution in [-0.2, 0) is 4.74 Å². The average Bonchev–Trinajstić information content (AvgIpc) is 2.91. The Hall–Kier alpha value is -4.12. The van der Waals surface area contributed by atoms with E-state index in [-0.39, 0.29) is 23.4 Å². The maximum atomic E-state index is 13.4. The Balaban J connectivity index is 1.81. The number of benzene rings is 1. The SMILES string of the molecule is C=C(OC(C)(C)C)N1CCN(c2ncc(C(=O)NCCC/C(C=N)=C/C)cc2C#Cc2ccc(F)cc2)CC1C. The molecule has 2 heterocycles. The van der Waals surface area contributed by atoms with Crippen molar-refractivity contribution >= 4 is 17.9 Å². The van der Waals surface area contributed by atoms with Gasteiger partial charge in [-0.15, -0.1) is 0 Å². The molecule has 212 valence electrons. The van der Waals surface area contributed by atoms with E-state index in [2.05, 4.69) is 45.4 Å². The highest BCUT2D eigenvalue weighted by Crippen LogP contribution is 2.25. The second kappa shape index (κ2) is 13.8. The lowest BCUT2D eigenvalue weighted by molar-refractivity contribution is -0.00918. The van der Waals surface area contributed by atoms with E-state index in [1.54, 1.807) is 24.4 Å². The van der Waals surface area contributed by atoms with E-state index in [0.29, 0.717) is 54.6 Å². The number of hydrogen-bond donors (Lipinski definition) is 2. The molecule has 40 heavy (non-hydrogen) atoms. The van der Waals surface area contributed by atoms with Gasteiger partial charge in [-0.1, -0.05) is 17.9 Å². The molecule has 3 rings (SSSR count). The molecule has 0 spiro atoms. The van der Waals surface area contributed by atoms with Gasteiger partial charge in [0.05, 0.1) is 11.1 Å². The highest BCUT2D eigenvalue weighted by atomic mass is 19.1. The first-order chi connectivity index (χ1) is 19.0. The van der Waals surface area contributed by atoms with Crippen LogP contribution < -0.4 is 10.2 Å². The summed E-state index contributed by atoms with van der Waals surface area (Å²) in [6.45, 7) is 16.7. The summed E-state index contributed by atoms with van der Waals surface area (Å²) in [4.78, 5) is 21.9. The molecule has 7 nitrogen and oxygen atoms in total. The van der Waals surface area contributed by atoms with Crippen molar-refractivity contribution in [2.45, 2.75) is 59.1 Å². The summed E-state index contributed by atoms with van der Waals surface area (Å²) in [5.74, 6) is 7.06. The molecule has 1 aromatic carbocycles. The number of rotatable bonds is 9. The molecule has 1 fully saturated rings. The van der Waals surface area contributed by atoms with Crippen molar-refractivity contribution in [2.24, 2.45) is 0 Å². The molecule has 1 aromatic heterocycles. The molecule has 1 aliphatic rings. The minimum atomic E-state index is -0.329. The van der Waals surface area contributed by atoms with Gasteiger partial charge in [0.25, 0.3) is 5.91 Å². The predicted octanol–water partition coefficient (Wildman–Crippen LogP) is 5.52. The zero-order chi connectivity index (χ0) is 29.3. The number of aromatic nitrogens is 1. The number of pyridine rings is 1. The maximum Gasteiger partial charge on any atom is 0.252 e. The average molecular weight is 546 g/mol. The first-order valence-corrected chi connectivity index (χ1v) is 13.6. The van der Waals surface area contributed by atoms with Gasteiger partial charge in [-0.3, -0.25) is 4.79 Å². The van der Waals surface area contributed by atoms with E-state index in [4.69, 9.17) is 10.1 Å². The summed E-state index contributed by atoms with van der Waals surface area (Å²) in [7, 11) is 0. The van der Waals surface area contributed by atoms with E-state index in [9.17, 15) is 9.18 Å². The van der Waals surface area contributed by atoms with Gasteiger partial charge in [-0.25, -0.2) is 9.37 Å². The standard InChI is InChI=1S/C32H40FN5O2/c1-7-25(20-34)9-8-16-35-31(39)28-19-27(13-10-26-11-14-29(33)15-12-26)30(36-21-28)37-17-18-38(23(2)22-37)24(3)40-32(4,5)6/h7,11-12,14-15,19-21,23,34H,3,8-9,16-18,22H2,1-2,4-6H3,(H,35,39)/b25-7-,34-20?. The van der Waals surface area contributed by atoms with Gasteiger partial charge >= 0.3 is 0 Å². The Morgan fingerprint density at radius 3 is 2.62 bits per heavy atom. The van der Waals surface area contributed by atoms with Crippen LogP contribution in [0.1, 0.15) is 68.9 Å². The van der Waals surface area contributed by atoms with Crippen LogP contribution in [0, 0.1) is 23.1 Å². The van der Waals surface area contributed by atoms with E-state index in [1.807, 2.05) is 33.8 Å². The summed E-state index contributed by atoms with van der Waals surface area (Å²) in [5, 5.41) is 10.3. The number of amides is 1. The van der Waals surface area contributed by atoms with Crippen LogP contribution >= 0.6 is 0 Å². The largest absolute Gasteiger partial charge is 0.474 e. The van der Waals surface area contributed by atoms with Crippen molar-refractivity contribution in [3.8, 4) is 11.8 Å². The Morgan fingerprint density at radius 1 is 1.27 bits per heavy atom. The molecular weight excluding hydrogens is 505 g/mol. The molecular formula is C32H40FN5O2. The van der Waals surface area contributed by atoms with Crippen LogP contribution in [-0.4, -0.2) is 59.8 Å². The van der Waals surface area contributed by atoms with E-state index in [1.165, 1.54) is 18.3 Å². The minimum Gasteiger partial charge on any atom is -0.474 e. The third kappa shape index (κ3) is 8.70. The Kier molecular flexibility index (Phi) is 10.5. The Labute approximate surface area is 237 Å². The zero-order valence-corrected chi connectivity index (χ0v) is 24.2. The lowest BCUT2D eigenvalue weighted by Gasteiger charge is -2.43. The van der Waals surface area contributed by atoms with Gasteiger partial charge in [0, 0.05) is 50.2 Å². The molecule has 0 aliphatic carbocycles. The van der Waals surface area contributed by atoms with Crippen LogP contribution in [0.15, 0.2) is 60.6 Å². The molecule has 1 unspecified atom stereocenters. The van der Waals surface area contributed by atoms with Gasteiger partial charge in [0.15, 0.2) is 5.88 Å². The highest BCUT2D eigenvalue weighted by Gasteiger charge is 2.29. The second-order valence-corrected chi connectivity index (χ2v) is 10.8. The summed E-state index contributed by atoms with van der Waals surface area (Å²) in [5.41, 5.74) is 2.32. The summed E-state index contributed by atoms with van der Waals surface area (Å²) >= 11 is 0. The van der Waals surface area contributed by atoms with E-state index in [0.717, 1.165) is 18.4 Å². The molecule has 0 radical (unpaired) electrons. The normalized spacial score (nSPS) is 15.7. The van der Waals surface area contributed by atoms with Crippen molar-refractivity contribution < 1.29 is 13.9 Å². The maximum absolute atomic E-state index is 13.4. The Bertz CT molecular complexity index is 1300. The first kappa shape index (κ1) is 30.4. The van der Waals surface area contributed by atoms with Crippen molar-refractivity contribution in [3.05, 3.63) is 83.1 Å². The quantitative estimate of drug-likeness (QED) is 0.188. The molecule has 8 heteroatoms. The minimum absolute atomic E-state index is 0.120. The van der Waals surface area contributed by atoms with Crippen LogP contribution in [0.5, 0.6) is 0 Å². The monoisotopic (exact) mass is 545 g/mol. The number of hydrogen-bond acceptors (Lipinski definition) is 6. The molecule has 1 saturated heterocycles. The smallest absolute Gasteiger partial charge is 0.252 e. The fourth-order valence-corrected chi connectivity index (χ4v) is 4.43. The van der Waals surface area contributed by atoms with Crippen LogP contribution in [0.25, 0.3) is 0 Å². The number of halogens is 1. The van der Waals surface area contributed by atoms with E-state index >= 15 is 0 Å². The molecule has 0 bridgehead atoms. The molecule has 1 atom stereocenters. The molecule has 0 saturated carbocycles. The van der Waals surface area contributed by atoms with Crippen LogP contribution in [0.2, 0.25) is 0 Å². The van der Waals surface area contributed by atoms with Gasteiger partial charge in [-0.2, -0.15) is 0 Å². The third-order valence-corrected chi connectivity index (χ3v) is 6.47. The number of nitrogens with one attached hydrogen (secondary N) is 2. The number of piperazine rings is 1. The number of carbonyl (C=O) groups is 1. The number of anilines is 1. The molecule has 2 aromatic rings. The van der Waals surface area contributed by atoms with Gasteiger partial charge in [0.1, 0.15) is 17.2 Å². The third-order valence-electron chi connectivity index (χ3n) is 6.47. The van der Waals surface area contributed by atoms with E-state index < -0.39 is 0 Å². The number of nitrogens with zero attached hydrogens (tertiary/aromatic N) is 3. The fourth-order valence-electron chi connectivity index (χ4n) is 4.43. The fraction of sp³-hybridized carbons (Fsp3) is 0.406. The summed E-state index contributed by atoms with van der Waals surface area (Å²) in [6, 6.07) is 7.88. The van der Waals surface area contributed by atoms with Crippen molar-refractivity contribution in [3.63, 3.8) is 0 Å². The van der Waals surface area contributed by atoms with Crippen molar-refractivity contribution in [2.75, 3.05) is 31.1 Å². The summed E-state index contributed by atoms with van der Waals surface area (Å²) in [6.07, 6.45) is 6.28. The van der Waals surface area contributed by atoms with Gasteiger partial charge in [0.2, 0.25) is 0 Å². The zero-order valence-electron chi connectivity index (χ0n) is 24.2. The molecule has 1 aliphatic heterocycles. The molecule has 2 N–H and O–H groups in total. The number of allylic oxidation sites excluding steroid dienone is 2. The second-order valence-electron chi connectivity index (χ2n) is 10.8.